The SMILES string of the molecule is COc1ccc2ccc([C@@H](C)C(=O)O[C@@H]3C=C4C(=O)C[C@@H]5[C@H](CC[C@]6(C)C(C(C)=O)=CC[C@@H]56)[C@@]4(C)CC3)cc2c1. The number of ether oxygens (including phenoxy) is 2. The first-order chi connectivity index (χ1) is 19.0. The van der Waals surface area contributed by atoms with Gasteiger partial charge in [0.1, 0.15) is 11.9 Å². The summed E-state index contributed by atoms with van der Waals surface area (Å²) in [5, 5.41) is 2.11. The normalized spacial score (nSPS) is 33.7. The van der Waals surface area contributed by atoms with Crippen LogP contribution in [0.5, 0.6) is 5.75 Å². The van der Waals surface area contributed by atoms with Gasteiger partial charge in [0, 0.05) is 12.0 Å². The predicted octanol–water partition coefficient (Wildman–Crippen LogP) is 7.13. The van der Waals surface area contributed by atoms with Gasteiger partial charge in [-0.15, -0.1) is 0 Å². The quantitative estimate of drug-likeness (QED) is 0.377. The molecule has 2 fully saturated rings. The van der Waals surface area contributed by atoms with Crippen molar-refractivity contribution in [2.24, 2.45) is 28.6 Å². The maximum atomic E-state index is 13.7. The molecule has 7 atom stereocenters. The molecule has 4 aliphatic carbocycles. The lowest BCUT2D eigenvalue weighted by molar-refractivity contribution is -0.150. The van der Waals surface area contributed by atoms with Gasteiger partial charge in [0.2, 0.25) is 0 Å². The molecule has 5 heteroatoms. The third-order valence-electron chi connectivity index (χ3n) is 11.0. The van der Waals surface area contributed by atoms with Gasteiger partial charge in [-0.3, -0.25) is 14.4 Å². The molecule has 0 amide bonds. The number of Topliss-reactive ketones (excluding diaryl/α,β-unsaturated/α-hetero) is 2. The summed E-state index contributed by atoms with van der Waals surface area (Å²) in [7, 11) is 1.65. The first kappa shape index (κ1) is 27.0. The number of ketones is 2. The highest BCUT2D eigenvalue weighted by Crippen LogP contribution is 2.65. The zero-order valence-electron chi connectivity index (χ0n) is 24.3. The van der Waals surface area contributed by atoms with Crippen LogP contribution in [0.1, 0.15) is 77.7 Å². The molecule has 5 nitrogen and oxygen atoms in total. The average Bonchev–Trinajstić information content (AvgIpc) is 3.30. The molecule has 0 bridgehead atoms. The second-order valence-electron chi connectivity index (χ2n) is 13.1. The van der Waals surface area contributed by atoms with Crippen molar-refractivity contribution >= 4 is 28.3 Å². The van der Waals surface area contributed by atoms with Gasteiger partial charge in [-0.1, -0.05) is 44.2 Å². The summed E-state index contributed by atoms with van der Waals surface area (Å²) in [4.78, 5) is 39.3. The standard InChI is InChI=1S/C35H40O5/c1-20(23-7-6-22-8-9-25(39-5)17-24(22)16-23)33(38)40-26-12-14-35(4)30-13-15-34(3)28(21(2)36)10-11-29(34)27(30)19-32(37)31(35)18-26/h6-10,16-18,20,26-27,29-30H,11-15,19H2,1-5H3/t20-,26+,27+,29+,30+,34-,35-/m1/s1. The Morgan fingerprint density at radius 3 is 2.48 bits per heavy atom. The van der Waals surface area contributed by atoms with Crippen LogP contribution in [0.2, 0.25) is 0 Å². The van der Waals surface area contributed by atoms with Crippen LogP contribution in [-0.2, 0) is 19.1 Å². The molecule has 0 aliphatic heterocycles. The molecule has 0 N–H and O–H groups in total. The van der Waals surface area contributed by atoms with E-state index in [9.17, 15) is 14.4 Å². The monoisotopic (exact) mass is 540 g/mol. The number of fused-ring (bicyclic) bond motifs is 6. The van der Waals surface area contributed by atoms with Crippen LogP contribution in [0.4, 0.5) is 0 Å². The van der Waals surface area contributed by atoms with Crippen LogP contribution < -0.4 is 4.74 Å². The van der Waals surface area contributed by atoms with Gasteiger partial charge in [0.15, 0.2) is 11.6 Å². The molecule has 210 valence electrons. The fourth-order valence-electron chi connectivity index (χ4n) is 8.75. The first-order valence-corrected chi connectivity index (χ1v) is 14.8. The second-order valence-corrected chi connectivity index (χ2v) is 13.1. The van der Waals surface area contributed by atoms with E-state index in [1.165, 1.54) is 0 Å². The number of hydrogen-bond donors (Lipinski definition) is 0. The van der Waals surface area contributed by atoms with Crippen LogP contribution in [0, 0.1) is 28.6 Å². The van der Waals surface area contributed by atoms with Gasteiger partial charge in [0.05, 0.1) is 13.0 Å². The fraction of sp³-hybridized carbons (Fsp3) is 0.514. The van der Waals surface area contributed by atoms with Crippen molar-refractivity contribution in [3.05, 3.63) is 65.3 Å². The Hall–Kier alpha value is -3.21. The highest BCUT2D eigenvalue weighted by molar-refractivity contribution is 5.99. The molecule has 0 spiro atoms. The van der Waals surface area contributed by atoms with Crippen molar-refractivity contribution in [3.8, 4) is 5.75 Å². The smallest absolute Gasteiger partial charge is 0.313 e. The van der Waals surface area contributed by atoms with Gasteiger partial charge in [-0.2, -0.15) is 0 Å². The van der Waals surface area contributed by atoms with E-state index in [1.807, 2.05) is 49.4 Å². The number of carbonyl (C=O) groups is 3. The molecule has 40 heavy (non-hydrogen) atoms. The minimum absolute atomic E-state index is 0.110. The van der Waals surface area contributed by atoms with Gasteiger partial charge >= 0.3 is 5.97 Å². The Morgan fingerprint density at radius 1 is 0.975 bits per heavy atom. The molecule has 0 radical (unpaired) electrons. The number of esters is 1. The van der Waals surface area contributed by atoms with Gasteiger partial charge in [-0.05, 0) is 115 Å². The van der Waals surface area contributed by atoms with Crippen molar-refractivity contribution < 1.29 is 23.9 Å². The number of rotatable bonds is 5. The Balaban J connectivity index is 1.19. The minimum Gasteiger partial charge on any atom is -0.497 e. The summed E-state index contributed by atoms with van der Waals surface area (Å²) in [5.41, 5.74) is 2.43. The van der Waals surface area contributed by atoms with E-state index >= 15 is 0 Å². The lowest BCUT2D eigenvalue weighted by Gasteiger charge is -2.57. The van der Waals surface area contributed by atoms with Crippen molar-refractivity contribution in [2.75, 3.05) is 7.11 Å². The third kappa shape index (κ3) is 4.15. The molecule has 2 aromatic rings. The lowest BCUT2D eigenvalue weighted by atomic mass is 9.46. The van der Waals surface area contributed by atoms with Gasteiger partial charge < -0.3 is 9.47 Å². The van der Waals surface area contributed by atoms with Crippen molar-refractivity contribution in [2.45, 2.75) is 78.2 Å². The zero-order chi connectivity index (χ0) is 28.4. The van der Waals surface area contributed by atoms with Crippen LogP contribution in [0.25, 0.3) is 10.8 Å². The average molecular weight is 541 g/mol. The van der Waals surface area contributed by atoms with Crippen molar-refractivity contribution in [3.63, 3.8) is 0 Å². The maximum Gasteiger partial charge on any atom is 0.313 e. The number of carbonyl (C=O) groups excluding carboxylic acids is 3. The predicted molar refractivity (Wildman–Crippen MR) is 155 cm³/mol. The Kier molecular flexibility index (Phi) is 6.55. The fourth-order valence-corrected chi connectivity index (χ4v) is 8.75. The summed E-state index contributed by atoms with van der Waals surface area (Å²) < 4.78 is 11.4. The number of methoxy groups -OCH3 is 1. The van der Waals surface area contributed by atoms with E-state index < -0.39 is 5.92 Å². The van der Waals surface area contributed by atoms with E-state index in [2.05, 4.69) is 19.9 Å². The number of allylic oxidation sites excluding steroid dienone is 3. The Labute approximate surface area is 237 Å². The topological polar surface area (TPSA) is 69.7 Å². The summed E-state index contributed by atoms with van der Waals surface area (Å²) in [6.07, 6.45) is 8.75. The Morgan fingerprint density at radius 2 is 1.73 bits per heavy atom. The molecular weight excluding hydrogens is 500 g/mol. The summed E-state index contributed by atoms with van der Waals surface area (Å²) in [5.74, 6) is 1.53. The van der Waals surface area contributed by atoms with Gasteiger partial charge in [-0.25, -0.2) is 0 Å². The zero-order valence-corrected chi connectivity index (χ0v) is 24.3. The molecule has 6 rings (SSSR count). The molecule has 2 saturated carbocycles. The van der Waals surface area contributed by atoms with Crippen LogP contribution in [0.15, 0.2) is 59.7 Å². The molecule has 2 aromatic carbocycles. The Bertz CT molecular complexity index is 1470. The van der Waals surface area contributed by atoms with Gasteiger partial charge in [0.25, 0.3) is 0 Å². The second kappa shape index (κ2) is 9.71. The van der Waals surface area contributed by atoms with Crippen LogP contribution in [0.3, 0.4) is 0 Å². The third-order valence-corrected chi connectivity index (χ3v) is 11.0. The first-order valence-electron chi connectivity index (χ1n) is 14.8. The van der Waals surface area contributed by atoms with E-state index in [0.29, 0.717) is 24.2 Å². The number of hydrogen-bond acceptors (Lipinski definition) is 5. The number of benzene rings is 2. The highest BCUT2D eigenvalue weighted by Gasteiger charge is 2.59. The highest BCUT2D eigenvalue weighted by atomic mass is 16.5. The van der Waals surface area contributed by atoms with Crippen LogP contribution >= 0.6 is 0 Å². The minimum atomic E-state index is -0.421. The van der Waals surface area contributed by atoms with Crippen molar-refractivity contribution in [1.82, 2.24) is 0 Å². The van der Waals surface area contributed by atoms with E-state index in [-0.39, 0.29) is 34.5 Å². The largest absolute Gasteiger partial charge is 0.497 e. The summed E-state index contributed by atoms with van der Waals surface area (Å²) in [6.45, 7) is 8.06. The molecule has 0 unspecified atom stereocenters. The van der Waals surface area contributed by atoms with E-state index in [0.717, 1.165) is 65.3 Å². The molecule has 4 aliphatic rings. The molecular formula is C35H40O5. The molecule has 0 saturated heterocycles. The lowest BCUT2D eigenvalue weighted by Crippen LogP contribution is -2.53. The summed E-state index contributed by atoms with van der Waals surface area (Å²) >= 11 is 0. The maximum absolute atomic E-state index is 13.7. The van der Waals surface area contributed by atoms with E-state index in [1.54, 1.807) is 14.0 Å². The molecule has 0 aromatic heterocycles. The van der Waals surface area contributed by atoms with E-state index in [4.69, 9.17) is 9.47 Å². The summed E-state index contributed by atoms with van der Waals surface area (Å²) in [6, 6.07) is 11.9. The van der Waals surface area contributed by atoms with Crippen LogP contribution in [-0.4, -0.2) is 30.7 Å². The van der Waals surface area contributed by atoms with Crippen molar-refractivity contribution in [1.29, 1.82) is 0 Å². The molecule has 0 heterocycles.